The van der Waals surface area contributed by atoms with Crippen LogP contribution in [0.1, 0.15) is 36.0 Å². The van der Waals surface area contributed by atoms with Gasteiger partial charge < -0.3 is 10.1 Å². The van der Waals surface area contributed by atoms with Gasteiger partial charge >= 0.3 is 0 Å². The van der Waals surface area contributed by atoms with Gasteiger partial charge in [0.2, 0.25) is 10.0 Å². The topological polar surface area (TPSA) is 75.7 Å². The molecule has 0 unspecified atom stereocenters. The SMILES string of the molecule is C=CCOc1ccc(NC(=O)c2ccc(Cl)c(S(=O)(=O)N3CCCCCC3)c2)cc1. The lowest BCUT2D eigenvalue weighted by Crippen LogP contribution is -2.32. The zero-order valence-corrected chi connectivity index (χ0v) is 18.2. The lowest BCUT2D eigenvalue weighted by Gasteiger charge is -2.21. The van der Waals surface area contributed by atoms with Crippen molar-refractivity contribution in [3.8, 4) is 5.75 Å². The number of anilines is 1. The Labute approximate surface area is 182 Å². The number of nitrogens with one attached hydrogen (secondary N) is 1. The molecule has 2 aromatic carbocycles. The van der Waals surface area contributed by atoms with Crippen molar-refractivity contribution >= 4 is 33.2 Å². The Hall–Kier alpha value is -2.35. The van der Waals surface area contributed by atoms with E-state index in [9.17, 15) is 13.2 Å². The minimum Gasteiger partial charge on any atom is -0.490 e. The molecule has 1 fully saturated rings. The van der Waals surface area contributed by atoms with E-state index in [0.717, 1.165) is 25.7 Å². The number of amides is 1. The molecule has 30 heavy (non-hydrogen) atoms. The fourth-order valence-electron chi connectivity index (χ4n) is 3.26. The van der Waals surface area contributed by atoms with Crippen LogP contribution in [0.15, 0.2) is 60.0 Å². The summed E-state index contributed by atoms with van der Waals surface area (Å²) in [4.78, 5) is 12.7. The van der Waals surface area contributed by atoms with E-state index in [4.69, 9.17) is 16.3 Å². The third-order valence-electron chi connectivity index (χ3n) is 4.86. The number of nitrogens with zero attached hydrogens (tertiary/aromatic N) is 1. The molecule has 6 nitrogen and oxygen atoms in total. The molecule has 0 radical (unpaired) electrons. The number of sulfonamides is 1. The van der Waals surface area contributed by atoms with Crippen LogP contribution in [0.3, 0.4) is 0 Å². The molecule has 1 amide bonds. The maximum atomic E-state index is 13.1. The summed E-state index contributed by atoms with van der Waals surface area (Å²) in [5.41, 5.74) is 0.789. The van der Waals surface area contributed by atoms with Crippen LogP contribution in [0.5, 0.6) is 5.75 Å². The van der Waals surface area contributed by atoms with Gasteiger partial charge in [-0.05, 0) is 55.3 Å². The predicted octanol–water partition coefficient (Wildman–Crippen LogP) is 4.72. The van der Waals surface area contributed by atoms with Gasteiger partial charge in [0.05, 0.1) is 5.02 Å². The van der Waals surface area contributed by atoms with Gasteiger partial charge in [0.15, 0.2) is 0 Å². The van der Waals surface area contributed by atoms with Gasteiger partial charge in [-0.2, -0.15) is 4.31 Å². The summed E-state index contributed by atoms with van der Waals surface area (Å²) >= 11 is 6.21. The first-order valence-electron chi connectivity index (χ1n) is 9.86. The first-order chi connectivity index (χ1) is 14.4. The molecule has 2 aromatic rings. The standard InChI is InChI=1S/C22H25ClN2O4S/c1-2-15-29-19-10-8-18(9-11-19)24-22(26)17-7-12-20(23)21(16-17)30(27,28)25-13-5-3-4-6-14-25/h2,7-12,16H,1,3-6,13-15H2,(H,24,26). The van der Waals surface area contributed by atoms with Crippen LogP contribution in [0.4, 0.5) is 5.69 Å². The van der Waals surface area contributed by atoms with E-state index in [-0.39, 0.29) is 15.5 Å². The number of hydrogen-bond acceptors (Lipinski definition) is 4. The summed E-state index contributed by atoms with van der Waals surface area (Å²) < 4.78 is 33.1. The van der Waals surface area contributed by atoms with E-state index in [1.807, 2.05) is 0 Å². The Morgan fingerprint density at radius 2 is 1.77 bits per heavy atom. The Morgan fingerprint density at radius 3 is 2.40 bits per heavy atom. The van der Waals surface area contributed by atoms with Gasteiger partial charge in [-0.25, -0.2) is 8.42 Å². The second kappa shape index (κ2) is 10.1. The number of ether oxygens (including phenoxy) is 1. The summed E-state index contributed by atoms with van der Waals surface area (Å²) in [7, 11) is -3.76. The van der Waals surface area contributed by atoms with Crippen LogP contribution in [-0.2, 0) is 10.0 Å². The first-order valence-corrected chi connectivity index (χ1v) is 11.7. The van der Waals surface area contributed by atoms with E-state index >= 15 is 0 Å². The van der Waals surface area contributed by atoms with Crippen molar-refractivity contribution in [2.45, 2.75) is 30.6 Å². The average molecular weight is 449 g/mol. The number of carbonyl (C=O) groups is 1. The fourth-order valence-corrected chi connectivity index (χ4v) is 5.27. The maximum absolute atomic E-state index is 13.1. The molecular weight excluding hydrogens is 424 g/mol. The molecule has 0 saturated carbocycles. The molecule has 8 heteroatoms. The van der Waals surface area contributed by atoms with Crippen molar-refractivity contribution < 1.29 is 17.9 Å². The molecule has 1 aliphatic heterocycles. The second-order valence-electron chi connectivity index (χ2n) is 7.04. The highest BCUT2D eigenvalue weighted by Crippen LogP contribution is 2.28. The van der Waals surface area contributed by atoms with Gasteiger partial charge in [0.25, 0.3) is 5.91 Å². The van der Waals surface area contributed by atoms with Gasteiger partial charge in [-0.1, -0.05) is 37.1 Å². The minimum absolute atomic E-state index is 0.0353. The molecule has 160 valence electrons. The van der Waals surface area contributed by atoms with Gasteiger partial charge in [0, 0.05) is 24.3 Å². The molecule has 3 rings (SSSR count). The van der Waals surface area contributed by atoms with Crippen LogP contribution in [0.25, 0.3) is 0 Å². The number of hydrogen-bond donors (Lipinski definition) is 1. The van der Waals surface area contributed by atoms with E-state index < -0.39 is 15.9 Å². The highest BCUT2D eigenvalue weighted by Gasteiger charge is 2.28. The number of halogens is 1. The normalized spacial score (nSPS) is 15.2. The Balaban J connectivity index is 1.78. The van der Waals surface area contributed by atoms with Crippen molar-refractivity contribution in [3.63, 3.8) is 0 Å². The molecule has 1 heterocycles. The van der Waals surface area contributed by atoms with Crippen LogP contribution in [0.2, 0.25) is 5.02 Å². The van der Waals surface area contributed by atoms with Gasteiger partial charge in [-0.15, -0.1) is 0 Å². The second-order valence-corrected chi connectivity index (χ2v) is 9.36. The molecule has 1 aliphatic rings. The lowest BCUT2D eigenvalue weighted by atomic mass is 10.2. The van der Waals surface area contributed by atoms with Crippen molar-refractivity contribution in [1.29, 1.82) is 0 Å². The highest BCUT2D eigenvalue weighted by atomic mass is 35.5. The Kier molecular flexibility index (Phi) is 7.53. The van der Waals surface area contributed by atoms with E-state index in [0.29, 0.717) is 31.1 Å². The molecule has 1 saturated heterocycles. The molecule has 0 atom stereocenters. The maximum Gasteiger partial charge on any atom is 0.255 e. The van der Waals surface area contributed by atoms with E-state index in [2.05, 4.69) is 11.9 Å². The third kappa shape index (κ3) is 5.41. The molecule has 0 aromatic heterocycles. The minimum atomic E-state index is -3.76. The van der Waals surface area contributed by atoms with Crippen molar-refractivity contribution in [2.24, 2.45) is 0 Å². The third-order valence-corrected chi connectivity index (χ3v) is 7.24. The monoisotopic (exact) mass is 448 g/mol. The van der Waals surface area contributed by atoms with Crippen LogP contribution >= 0.6 is 11.6 Å². The predicted molar refractivity (Wildman–Crippen MR) is 119 cm³/mol. The van der Waals surface area contributed by atoms with Crippen LogP contribution in [-0.4, -0.2) is 38.3 Å². The summed E-state index contributed by atoms with van der Waals surface area (Å²) in [6.07, 6.45) is 5.32. The van der Waals surface area contributed by atoms with E-state index in [1.165, 1.54) is 22.5 Å². The molecule has 0 aliphatic carbocycles. The summed E-state index contributed by atoms with van der Waals surface area (Å²) in [6, 6.07) is 11.2. The van der Waals surface area contributed by atoms with Crippen molar-refractivity contribution in [2.75, 3.05) is 25.0 Å². The van der Waals surface area contributed by atoms with Gasteiger partial charge in [-0.3, -0.25) is 4.79 Å². The van der Waals surface area contributed by atoms with Crippen LogP contribution < -0.4 is 10.1 Å². The fraction of sp³-hybridized carbons (Fsp3) is 0.318. The smallest absolute Gasteiger partial charge is 0.255 e. The Bertz CT molecular complexity index is 998. The van der Waals surface area contributed by atoms with Crippen molar-refractivity contribution in [3.05, 3.63) is 65.7 Å². The average Bonchev–Trinajstić information content (AvgIpc) is 3.03. The van der Waals surface area contributed by atoms with E-state index in [1.54, 1.807) is 30.3 Å². The zero-order valence-electron chi connectivity index (χ0n) is 16.6. The van der Waals surface area contributed by atoms with Gasteiger partial charge in [0.1, 0.15) is 17.3 Å². The number of carbonyl (C=O) groups excluding carboxylic acids is 1. The van der Waals surface area contributed by atoms with Crippen LogP contribution in [0, 0.1) is 0 Å². The molecule has 0 spiro atoms. The Morgan fingerprint density at radius 1 is 1.10 bits per heavy atom. The molecule has 0 bridgehead atoms. The molecule has 1 N–H and O–H groups in total. The number of rotatable bonds is 7. The van der Waals surface area contributed by atoms with Crippen molar-refractivity contribution in [1.82, 2.24) is 4.31 Å². The summed E-state index contributed by atoms with van der Waals surface area (Å²) in [5.74, 6) is 0.240. The molecular formula is C22H25ClN2O4S. The highest BCUT2D eigenvalue weighted by molar-refractivity contribution is 7.89. The number of benzene rings is 2. The zero-order chi connectivity index (χ0) is 21.6. The lowest BCUT2D eigenvalue weighted by molar-refractivity contribution is 0.102. The quantitative estimate of drug-likeness (QED) is 0.621. The largest absolute Gasteiger partial charge is 0.490 e. The summed E-state index contributed by atoms with van der Waals surface area (Å²) in [6.45, 7) is 4.92. The summed E-state index contributed by atoms with van der Waals surface area (Å²) in [5, 5.41) is 2.87. The first kappa shape index (κ1) is 22.3.